The van der Waals surface area contributed by atoms with Crippen LogP contribution in [-0.4, -0.2) is 39.3 Å². The van der Waals surface area contributed by atoms with E-state index in [9.17, 15) is 14.7 Å². The molecular formula is C25H24N2O4. The Balaban J connectivity index is 1.58. The van der Waals surface area contributed by atoms with Crippen molar-refractivity contribution in [3.05, 3.63) is 89.2 Å². The van der Waals surface area contributed by atoms with E-state index in [2.05, 4.69) is 4.98 Å². The van der Waals surface area contributed by atoms with E-state index >= 15 is 0 Å². The summed E-state index contributed by atoms with van der Waals surface area (Å²) in [5.74, 6) is -0.283. The molecule has 0 saturated carbocycles. The average Bonchev–Trinajstić information content (AvgIpc) is 3.28. The molecule has 4 rings (SSSR count). The second-order valence-corrected chi connectivity index (χ2v) is 7.61. The van der Waals surface area contributed by atoms with Crippen molar-refractivity contribution in [3.8, 4) is 11.5 Å². The summed E-state index contributed by atoms with van der Waals surface area (Å²) >= 11 is 0. The highest BCUT2D eigenvalue weighted by Crippen LogP contribution is 2.29. The van der Waals surface area contributed by atoms with E-state index < -0.39 is 6.04 Å². The first-order chi connectivity index (χ1) is 15.0. The van der Waals surface area contributed by atoms with Gasteiger partial charge in [-0.3, -0.25) is 9.59 Å². The Morgan fingerprint density at radius 3 is 2.58 bits per heavy atom. The largest absolute Gasteiger partial charge is 0.507 e. The van der Waals surface area contributed by atoms with Gasteiger partial charge in [-0.2, -0.15) is 0 Å². The molecule has 1 aliphatic heterocycles. The molecule has 1 unspecified atom stereocenters. The number of hydrogen-bond donors (Lipinski definition) is 1. The van der Waals surface area contributed by atoms with Gasteiger partial charge in [-0.15, -0.1) is 0 Å². The number of aryl methyl sites for hydroxylation is 1. The van der Waals surface area contributed by atoms with Gasteiger partial charge in [-0.25, -0.2) is 4.98 Å². The molecule has 1 N–H and O–H groups in total. The number of amides is 1. The van der Waals surface area contributed by atoms with Gasteiger partial charge in [0.25, 0.3) is 5.91 Å². The smallest absolute Gasteiger partial charge is 0.258 e. The van der Waals surface area contributed by atoms with Crippen LogP contribution in [0.1, 0.15) is 44.9 Å². The second kappa shape index (κ2) is 9.00. The maximum absolute atomic E-state index is 13.5. The highest BCUT2D eigenvalue weighted by molar-refractivity contribution is 6.05. The van der Waals surface area contributed by atoms with Gasteiger partial charge in [0.15, 0.2) is 5.69 Å². The number of para-hydroxylation sites is 1. The monoisotopic (exact) mass is 416 g/mol. The van der Waals surface area contributed by atoms with Gasteiger partial charge in [-0.05, 0) is 49.6 Å². The Morgan fingerprint density at radius 2 is 1.81 bits per heavy atom. The molecule has 1 amide bonds. The molecule has 0 spiro atoms. The number of rotatable bonds is 6. The van der Waals surface area contributed by atoms with E-state index in [-0.39, 0.29) is 28.7 Å². The van der Waals surface area contributed by atoms with E-state index in [1.165, 1.54) is 11.0 Å². The fourth-order valence-corrected chi connectivity index (χ4v) is 3.82. The van der Waals surface area contributed by atoms with E-state index in [0.717, 1.165) is 5.56 Å². The number of phenols is 1. The number of Topliss-reactive ketones (excluding diaryl/α,β-unsaturated/α-hetero) is 1. The highest BCUT2D eigenvalue weighted by Gasteiger charge is 2.37. The summed E-state index contributed by atoms with van der Waals surface area (Å²) in [6.45, 7) is 2.59. The van der Waals surface area contributed by atoms with Crippen LogP contribution in [0.2, 0.25) is 0 Å². The minimum atomic E-state index is -0.638. The van der Waals surface area contributed by atoms with Crippen molar-refractivity contribution < 1.29 is 19.4 Å². The first kappa shape index (κ1) is 20.6. The minimum Gasteiger partial charge on any atom is -0.507 e. The van der Waals surface area contributed by atoms with Crippen LogP contribution in [-0.2, 0) is 6.61 Å². The molecule has 0 bridgehead atoms. The Labute approximate surface area is 181 Å². The molecule has 6 heteroatoms. The standard InChI is InChI=1S/C25H24N2O4/c1-17-13-14-22(31-16-18-8-3-2-4-9-18)23(26-17)24(29)20-11-7-15-27(20)25(30)19-10-5-6-12-21(19)28/h2-6,8-10,12-14,20,28H,7,11,15-16H2,1H3. The molecule has 1 fully saturated rings. The number of aromatic nitrogens is 1. The lowest BCUT2D eigenvalue weighted by Gasteiger charge is -2.24. The van der Waals surface area contributed by atoms with Gasteiger partial charge in [0, 0.05) is 12.2 Å². The molecule has 158 valence electrons. The number of pyridine rings is 1. The molecule has 2 heterocycles. The van der Waals surface area contributed by atoms with Crippen LogP contribution in [0.15, 0.2) is 66.7 Å². The molecule has 2 aromatic carbocycles. The summed E-state index contributed by atoms with van der Waals surface area (Å²) in [5, 5.41) is 10.1. The zero-order chi connectivity index (χ0) is 21.8. The molecule has 1 aliphatic rings. The van der Waals surface area contributed by atoms with Crippen LogP contribution in [0.4, 0.5) is 0 Å². The lowest BCUT2D eigenvalue weighted by molar-refractivity contribution is 0.0665. The summed E-state index contributed by atoms with van der Waals surface area (Å²) in [6, 6.07) is 19.0. The SMILES string of the molecule is Cc1ccc(OCc2ccccc2)c(C(=O)C2CCCN2C(=O)c2ccccc2O)n1. The third-order valence-corrected chi connectivity index (χ3v) is 5.42. The Morgan fingerprint density at radius 1 is 1.06 bits per heavy atom. The topological polar surface area (TPSA) is 79.7 Å². The molecule has 1 atom stereocenters. The number of carbonyl (C=O) groups excluding carboxylic acids is 2. The van der Waals surface area contributed by atoms with Crippen LogP contribution in [0.3, 0.4) is 0 Å². The second-order valence-electron chi connectivity index (χ2n) is 7.61. The Bertz CT molecular complexity index is 1100. The number of nitrogens with zero attached hydrogens (tertiary/aromatic N) is 2. The number of hydrogen-bond acceptors (Lipinski definition) is 5. The molecular weight excluding hydrogens is 392 g/mol. The number of benzene rings is 2. The van der Waals surface area contributed by atoms with E-state index in [0.29, 0.717) is 37.4 Å². The van der Waals surface area contributed by atoms with Crippen molar-refractivity contribution in [2.45, 2.75) is 32.4 Å². The van der Waals surface area contributed by atoms with Gasteiger partial charge in [0.05, 0.1) is 11.6 Å². The van der Waals surface area contributed by atoms with Crippen LogP contribution in [0.5, 0.6) is 11.5 Å². The molecule has 1 aromatic heterocycles. The van der Waals surface area contributed by atoms with E-state index in [1.807, 2.05) is 37.3 Å². The van der Waals surface area contributed by atoms with Crippen molar-refractivity contribution in [3.63, 3.8) is 0 Å². The van der Waals surface area contributed by atoms with E-state index in [4.69, 9.17) is 4.74 Å². The van der Waals surface area contributed by atoms with Gasteiger partial charge in [0.1, 0.15) is 18.1 Å². The van der Waals surface area contributed by atoms with Crippen molar-refractivity contribution in [2.24, 2.45) is 0 Å². The predicted octanol–water partition coefficient (Wildman–Crippen LogP) is 4.16. The summed E-state index contributed by atoms with van der Waals surface area (Å²) < 4.78 is 5.93. The summed E-state index contributed by atoms with van der Waals surface area (Å²) in [5.41, 5.74) is 2.11. The normalized spacial score (nSPS) is 15.6. The third-order valence-electron chi connectivity index (χ3n) is 5.42. The fourth-order valence-electron chi connectivity index (χ4n) is 3.82. The zero-order valence-electron chi connectivity index (χ0n) is 17.3. The Hall–Kier alpha value is -3.67. The number of phenolic OH excluding ortho intramolecular Hbond substituents is 1. The van der Waals surface area contributed by atoms with Gasteiger partial charge in [-0.1, -0.05) is 42.5 Å². The molecule has 3 aromatic rings. The van der Waals surface area contributed by atoms with Crippen LogP contribution in [0.25, 0.3) is 0 Å². The summed E-state index contributed by atoms with van der Waals surface area (Å²) in [7, 11) is 0. The van der Waals surface area contributed by atoms with Crippen molar-refractivity contribution in [1.82, 2.24) is 9.88 Å². The molecule has 6 nitrogen and oxygen atoms in total. The maximum atomic E-state index is 13.5. The maximum Gasteiger partial charge on any atom is 0.258 e. The minimum absolute atomic E-state index is 0.0915. The fraction of sp³-hybridized carbons (Fsp3) is 0.240. The first-order valence-electron chi connectivity index (χ1n) is 10.3. The number of carbonyl (C=O) groups is 2. The predicted molar refractivity (Wildman–Crippen MR) is 116 cm³/mol. The quantitative estimate of drug-likeness (QED) is 0.611. The number of ketones is 1. The number of ether oxygens (including phenoxy) is 1. The molecule has 31 heavy (non-hydrogen) atoms. The highest BCUT2D eigenvalue weighted by atomic mass is 16.5. The zero-order valence-corrected chi connectivity index (χ0v) is 17.3. The Kier molecular flexibility index (Phi) is 5.98. The molecule has 0 radical (unpaired) electrons. The lowest BCUT2D eigenvalue weighted by Crippen LogP contribution is -2.41. The van der Waals surface area contributed by atoms with Crippen LogP contribution >= 0.6 is 0 Å². The molecule has 0 aliphatic carbocycles. The van der Waals surface area contributed by atoms with E-state index in [1.54, 1.807) is 30.3 Å². The molecule has 1 saturated heterocycles. The van der Waals surface area contributed by atoms with Crippen molar-refractivity contribution in [1.29, 1.82) is 0 Å². The van der Waals surface area contributed by atoms with Crippen molar-refractivity contribution >= 4 is 11.7 Å². The summed E-state index contributed by atoms with van der Waals surface area (Å²) in [4.78, 5) is 32.5. The van der Waals surface area contributed by atoms with Gasteiger partial charge < -0.3 is 14.7 Å². The van der Waals surface area contributed by atoms with Gasteiger partial charge in [0.2, 0.25) is 5.78 Å². The third kappa shape index (κ3) is 4.43. The first-order valence-corrected chi connectivity index (χ1v) is 10.3. The summed E-state index contributed by atoms with van der Waals surface area (Å²) in [6.07, 6.45) is 1.26. The average molecular weight is 416 g/mol. The van der Waals surface area contributed by atoms with Crippen LogP contribution in [0, 0.1) is 6.92 Å². The van der Waals surface area contributed by atoms with Crippen LogP contribution < -0.4 is 4.74 Å². The lowest BCUT2D eigenvalue weighted by atomic mass is 10.0. The number of aromatic hydroxyl groups is 1. The van der Waals surface area contributed by atoms with Crippen molar-refractivity contribution in [2.75, 3.05) is 6.54 Å². The number of likely N-dealkylation sites (tertiary alicyclic amines) is 1. The van der Waals surface area contributed by atoms with Gasteiger partial charge >= 0.3 is 0 Å².